The molecule has 1 N–H and O–H groups in total. The van der Waals surface area contributed by atoms with E-state index < -0.39 is 9.84 Å². The molecule has 4 heteroatoms. The lowest BCUT2D eigenvalue weighted by molar-refractivity contribution is 0.437. The zero-order valence-electron chi connectivity index (χ0n) is 11.7. The van der Waals surface area contributed by atoms with Crippen LogP contribution in [0.25, 0.3) is 0 Å². The number of rotatable bonds is 11. The highest BCUT2D eigenvalue weighted by Gasteiger charge is 2.09. The van der Waals surface area contributed by atoms with Crippen molar-refractivity contribution in [2.45, 2.75) is 64.8 Å². The van der Waals surface area contributed by atoms with Gasteiger partial charge < -0.3 is 5.32 Å². The van der Waals surface area contributed by atoms with Gasteiger partial charge in [0, 0.05) is 18.1 Å². The number of hydrogen-bond donors (Lipinski definition) is 1. The van der Waals surface area contributed by atoms with Crippen LogP contribution in [0.15, 0.2) is 0 Å². The van der Waals surface area contributed by atoms with Crippen molar-refractivity contribution in [3.8, 4) is 0 Å². The summed E-state index contributed by atoms with van der Waals surface area (Å²) < 4.78 is 22.1. The monoisotopic (exact) mass is 263 g/mol. The summed E-state index contributed by atoms with van der Waals surface area (Å²) >= 11 is 0. The van der Waals surface area contributed by atoms with Gasteiger partial charge in [-0.3, -0.25) is 0 Å². The van der Waals surface area contributed by atoms with Gasteiger partial charge in [-0.1, -0.05) is 39.5 Å². The number of sulfone groups is 1. The van der Waals surface area contributed by atoms with Crippen molar-refractivity contribution in [2.24, 2.45) is 0 Å². The van der Waals surface area contributed by atoms with Gasteiger partial charge in [0.15, 0.2) is 0 Å². The molecule has 0 aromatic heterocycles. The first-order valence-electron chi connectivity index (χ1n) is 6.90. The van der Waals surface area contributed by atoms with Crippen molar-refractivity contribution in [1.82, 2.24) is 5.32 Å². The van der Waals surface area contributed by atoms with E-state index in [1.165, 1.54) is 38.4 Å². The number of unbranched alkanes of at least 4 members (excludes halogenated alkanes) is 3. The van der Waals surface area contributed by atoms with Crippen LogP contribution < -0.4 is 5.32 Å². The van der Waals surface area contributed by atoms with Gasteiger partial charge in [-0.25, -0.2) is 8.42 Å². The Hall–Kier alpha value is -0.0900. The van der Waals surface area contributed by atoms with Gasteiger partial charge in [0.05, 0.1) is 0 Å². The Morgan fingerprint density at radius 2 is 1.65 bits per heavy atom. The Bertz CT molecular complexity index is 263. The van der Waals surface area contributed by atoms with Gasteiger partial charge in [0.25, 0.3) is 0 Å². The molecule has 0 aliphatic rings. The van der Waals surface area contributed by atoms with E-state index in [1.54, 1.807) is 0 Å². The van der Waals surface area contributed by atoms with Gasteiger partial charge in [-0.2, -0.15) is 0 Å². The fourth-order valence-corrected chi connectivity index (χ4v) is 2.74. The van der Waals surface area contributed by atoms with Crippen molar-refractivity contribution in [3.05, 3.63) is 0 Å². The molecule has 0 saturated carbocycles. The SMILES string of the molecule is CCCCCCC(CCCS(C)(=O)=O)NCC. The predicted octanol–water partition coefficient (Wildman–Crippen LogP) is 2.76. The molecule has 0 aromatic rings. The summed E-state index contributed by atoms with van der Waals surface area (Å²) in [5.41, 5.74) is 0. The summed E-state index contributed by atoms with van der Waals surface area (Å²) in [7, 11) is -2.79. The van der Waals surface area contributed by atoms with Gasteiger partial charge >= 0.3 is 0 Å². The average Bonchev–Trinajstić information content (AvgIpc) is 2.22. The Morgan fingerprint density at radius 1 is 1.00 bits per heavy atom. The van der Waals surface area contributed by atoms with Gasteiger partial charge in [0.1, 0.15) is 9.84 Å². The van der Waals surface area contributed by atoms with E-state index in [1.807, 2.05) is 0 Å². The van der Waals surface area contributed by atoms with E-state index in [0.29, 0.717) is 11.8 Å². The van der Waals surface area contributed by atoms with E-state index in [9.17, 15) is 8.42 Å². The zero-order valence-corrected chi connectivity index (χ0v) is 12.5. The van der Waals surface area contributed by atoms with Crippen molar-refractivity contribution in [1.29, 1.82) is 0 Å². The van der Waals surface area contributed by atoms with Gasteiger partial charge in [-0.15, -0.1) is 0 Å². The molecule has 0 heterocycles. The first-order valence-corrected chi connectivity index (χ1v) is 8.96. The lowest BCUT2D eigenvalue weighted by atomic mass is 10.0. The number of nitrogens with one attached hydrogen (secondary N) is 1. The molecule has 104 valence electrons. The highest BCUT2D eigenvalue weighted by atomic mass is 32.2. The minimum atomic E-state index is -2.79. The van der Waals surface area contributed by atoms with E-state index in [2.05, 4.69) is 19.2 Å². The summed E-state index contributed by atoms with van der Waals surface area (Å²) in [5, 5.41) is 3.45. The summed E-state index contributed by atoms with van der Waals surface area (Å²) in [4.78, 5) is 0. The highest BCUT2D eigenvalue weighted by Crippen LogP contribution is 2.10. The van der Waals surface area contributed by atoms with Gasteiger partial charge in [-0.05, 0) is 25.8 Å². The topological polar surface area (TPSA) is 46.2 Å². The molecule has 0 fully saturated rings. The lowest BCUT2D eigenvalue weighted by Crippen LogP contribution is -2.29. The fraction of sp³-hybridized carbons (Fsp3) is 1.00. The summed E-state index contributed by atoms with van der Waals surface area (Å²) in [5.74, 6) is 0.323. The second-order valence-electron chi connectivity index (χ2n) is 4.88. The minimum absolute atomic E-state index is 0.323. The highest BCUT2D eigenvalue weighted by molar-refractivity contribution is 7.90. The number of hydrogen-bond acceptors (Lipinski definition) is 3. The fourth-order valence-electron chi connectivity index (χ4n) is 2.05. The quantitative estimate of drug-likeness (QED) is 0.583. The summed E-state index contributed by atoms with van der Waals surface area (Å²) in [6.07, 6.45) is 9.38. The molecular formula is C13H29NO2S. The second-order valence-corrected chi connectivity index (χ2v) is 7.14. The Kier molecular flexibility index (Phi) is 9.84. The van der Waals surface area contributed by atoms with Crippen molar-refractivity contribution in [2.75, 3.05) is 18.6 Å². The molecule has 0 aromatic carbocycles. The molecule has 1 unspecified atom stereocenters. The maximum atomic E-state index is 11.0. The molecule has 0 rings (SSSR count). The van der Waals surface area contributed by atoms with Crippen molar-refractivity contribution < 1.29 is 8.42 Å². The molecule has 17 heavy (non-hydrogen) atoms. The summed E-state index contributed by atoms with van der Waals surface area (Å²) in [6, 6.07) is 0.499. The van der Waals surface area contributed by atoms with Gasteiger partial charge in [0.2, 0.25) is 0 Å². The van der Waals surface area contributed by atoms with Crippen LogP contribution >= 0.6 is 0 Å². The molecule has 0 bridgehead atoms. The van der Waals surface area contributed by atoms with Crippen molar-refractivity contribution in [3.63, 3.8) is 0 Å². The molecule has 0 spiro atoms. The molecule has 3 nitrogen and oxygen atoms in total. The van der Waals surface area contributed by atoms with Crippen LogP contribution in [0.5, 0.6) is 0 Å². The van der Waals surface area contributed by atoms with E-state index in [-0.39, 0.29) is 0 Å². The molecule has 1 atom stereocenters. The van der Waals surface area contributed by atoms with Crippen LogP contribution in [0.2, 0.25) is 0 Å². The standard InChI is InChI=1S/C13H29NO2S/c1-4-6-7-8-10-13(14-5-2)11-9-12-17(3,15)16/h13-14H,4-12H2,1-3H3. The Morgan fingerprint density at radius 3 is 2.18 bits per heavy atom. The Balaban J connectivity index is 3.74. The maximum Gasteiger partial charge on any atom is 0.147 e. The predicted molar refractivity (Wildman–Crippen MR) is 75.2 cm³/mol. The van der Waals surface area contributed by atoms with Crippen LogP contribution in [-0.2, 0) is 9.84 Å². The molecule has 0 aliphatic heterocycles. The maximum absolute atomic E-state index is 11.0. The second kappa shape index (κ2) is 9.89. The average molecular weight is 263 g/mol. The molecule has 0 aliphatic carbocycles. The van der Waals surface area contributed by atoms with Crippen LogP contribution in [0, 0.1) is 0 Å². The van der Waals surface area contributed by atoms with Crippen molar-refractivity contribution >= 4 is 9.84 Å². The molecular weight excluding hydrogens is 234 g/mol. The van der Waals surface area contributed by atoms with E-state index in [4.69, 9.17) is 0 Å². The first kappa shape index (κ1) is 16.9. The van der Waals surface area contributed by atoms with E-state index >= 15 is 0 Å². The zero-order chi connectivity index (χ0) is 13.1. The van der Waals surface area contributed by atoms with Crippen LogP contribution in [0.1, 0.15) is 58.8 Å². The Labute approximate surface area is 107 Å². The van der Waals surface area contributed by atoms with Crippen LogP contribution in [-0.4, -0.2) is 33.0 Å². The third-order valence-electron chi connectivity index (χ3n) is 2.97. The minimum Gasteiger partial charge on any atom is -0.314 e. The molecule has 0 radical (unpaired) electrons. The molecule has 0 amide bonds. The normalized spacial score (nSPS) is 13.8. The third kappa shape index (κ3) is 12.2. The largest absolute Gasteiger partial charge is 0.314 e. The summed E-state index contributed by atoms with van der Waals surface area (Å²) in [6.45, 7) is 5.29. The molecule has 0 saturated heterocycles. The van der Waals surface area contributed by atoms with Crippen LogP contribution in [0.3, 0.4) is 0 Å². The first-order chi connectivity index (χ1) is 7.99. The third-order valence-corrected chi connectivity index (χ3v) is 4.00. The van der Waals surface area contributed by atoms with Crippen LogP contribution in [0.4, 0.5) is 0 Å². The lowest BCUT2D eigenvalue weighted by Gasteiger charge is -2.17. The van der Waals surface area contributed by atoms with E-state index in [0.717, 1.165) is 19.4 Å². The smallest absolute Gasteiger partial charge is 0.147 e.